The van der Waals surface area contributed by atoms with Crippen LogP contribution < -0.4 is 5.32 Å². The Morgan fingerprint density at radius 3 is 2.43 bits per heavy atom. The number of rotatable bonds is 2. The van der Waals surface area contributed by atoms with Gasteiger partial charge in [-0.15, -0.1) is 0 Å². The molecule has 3 rings (SSSR count). The molecular weight excluding hydrogens is 262 g/mol. The third-order valence-corrected chi connectivity index (χ3v) is 3.98. The van der Waals surface area contributed by atoms with Gasteiger partial charge in [0.25, 0.3) is 5.91 Å². The molecule has 0 aliphatic carbocycles. The highest BCUT2D eigenvalue weighted by molar-refractivity contribution is 5.93. The standard InChI is InChI=1S/C17H19N3O/c1-18-15-6-9-19-16(12-15)17(21)20-10-7-13-4-2-3-5-14(13)8-11-20/h2-6,9,12H,7-8,10-11H2,1H3,(H,18,19). The van der Waals surface area contributed by atoms with Gasteiger partial charge in [-0.25, -0.2) is 0 Å². The zero-order valence-electron chi connectivity index (χ0n) is 12.2. The monoisotopic (exact) mass is 281 g/mol. The first-order chi connectivity index (χ1) is 10.3. The molecule has 2 aromatic rings. The van der Waals surface area contributed by atoms with E-state index in [1.54, 1.807) is 12.3 Å². The highest BCUT2D eigenvalue weighted by Gasteiger charge is 2.20. The molecule has 4 nitrogen and oxygen atoms in total. The van der Waals surface area contributed by atoms with Crippen LogP contribution in [0.2, 0.25) is 0 Å². The number of nitrogens with zero attached hydrogens (tertiary/aromatic N) is 2. The van der Waals surface area contributed by atoms with Crippen molar-refractivity contribution in [3.8, 4) is 0 Å². The van der Waals surface area contributed by atoms with Crippen molar-refractivity contribution in [3.63, 3.8) is 0 Å². The maximum atomic E-state index is 12.6. The average Bonchev–Trinajstić information content (AvgIpc) is 2.77. The zero-order valence-corrected chi connectivity index (χ0v) is 12.2. The molecule has 0 unspecified atom stereocenters. The number of hydrogen-bond donors (Lipinski definition) is 1. The highest BCUT2D eigenvalue weighted by atomic mass is 16.2. The Morgan fingerprint density at radius 1 is 1.14 bits per heavy atom. The van der Waals surface area contributed by atoms with Crippen molar-refractivity contribution in [2.24, 2.45) is 0 Å². The molecule has 0 bridgehead atoms. The molecule has 1 amide bonds. The van der Waals surface area contributed by atoms with E-state index in [0.717, 1.165) is 31.6 Å². The number of fused-ring (bicyclic) bond motifs is 1. The molecule has 1 aromatic heterocycles. The minimum atomic E-state index is 0.0138. The van der Waals surface area contributed by atoms with Crippen LogP contribution >= 0.6 is 0 Å². The Morgan fingerprint density at radius 2 is 1.81 bits per heavy atom. The van der Waals surface area contributed by atoms with Crippen molar-refractivity contribution in [1.29, 1.82) is 0 Å². The fourth-order valence-electron chi connectivity index (χ4n) is 2.74. The third-order valence-electron chi connectivity index (χ3n) is 3.98. The van der Waals surface area contributed by atoms with Crippen LogP contribution in [-0.2, 0) is 12.8 Å². The van der Waals surface area contributed by atoms with Gasteiger partial charge in [-0.2, -0.15) is 0 Å². The van der Waals surface area contributed by atoms with E-state index >= 15 is 0 Å². The molecule has 0 fully saturated rings. The van der Waals surface area contributed by atoms with Gasteiger partial charge >= 0.3 is 0 Å². The number of hydrogen-bond acceptors (Lipinski definition) is 3. The van der Waals surface area contributed by atoms with Crippen LogP contribution in [0, 0.1) is 0 Å². The van der Waals surface area contributed by atoms with Gasteiger partial charge in [0.2, 0.25) is 0 Å². The molecule has 1 aliphatic rings. The zero-order chi connectivity index (χ0) is 14.7. The summed E-state index contributed by atoms with van der Waals surface area (Å²) >= 11 is 0. The first kappa shape index (κ1) is 13.6. The van der Waals surface area contributed by atoms with Gasteiger partial charge in [-0.1, -0.05) is 24.3 Å². The van der Waals surface area contributed by atoms with Gasteiger partial charge in [0.15, 0.2) is 0 Å². The van der Waals surface area contributed by atoms with Gasteiger partial charge in [-0.05, 0) is 36.1 Å². The summed E-state index contributed by atoms with van der Waals surface area (Å²) in [6.45, 7) is 1.50. The van der Waals surface area contributed by atoms with E-state index in [4.69, 9.17) is 0 Å². The number of aromatic nitrogens is 1. The second-order valence-electron chi connectivity index (χ2n) is 5.24. The highest BCUT2D eigenvalue weighted by Crippen LogP contribution is 2.17. The van der Waals surface area contributed by atoms with Crippen LogP contribution in [0.4, 0.5) is 5.69 Å². The van der Waals surface area contributed by atoms with Crippen molar-refractivity contribution in [1.82, 2.24) is 9.88 Å². The molecule has 0 saturated carbocycles. The van der Waals surface area contributed by atoms with Crippen LogP contribution in [-0.4, -0.2) is 35.9 Å². The number of benzene rings is 1. The summed E-state index contributed by atoms with van der Waals surface area (Å²) in [7, 11) is 1.84. The van der Waals surface area contributed by atoms with Crippen LogP contribution in [0.15, 0.2) is 42.6 Å². The number of anilines is 1. The Balaban J connectivity index is 1.77. The number of pyridine rings is 1. The van der Waals surface area contributed by atoms with E-state index < -0.39 is 0 Å². The molecule has 1 aromatic carbocycles. The fraction of sp³-hybridized carbons (Fsp3) is 0.294. The van der Waals surface area contributed by atoms with E-state index in [1.165, 1.54) is 11.1 Å². The minimum absolute atomic E-state index is 0.0138. The van der Waals surface area contributed by atoms with E-state index in [1.807, 2.05) is 18.0 Å². The van der Waals surface area contributed by atoms with Crippen LogP contribution in [0.1, 0.15) is 21.6 Å². The van der Waals surface area contributed by atoms with Gasteiger partial charge in [0, 0.05) is 32.0 Å². The lowest BCUT2D eigenvalue weighted by atomic mass is 10.0. The molecule has 0 saturated heterocycles. The smallest absolute Gasteiger partial charge is 0.272 e. The Kier molecular flexibility index (Phi) is 3.86. The van der Waals surface area contributed by atoms with E-state index in [-0.39, 0.29) is 5.91 Å². The second-order valence-corrected chi connectivity index (χ2v) is 5.24. The first-order valence-corrected chi connectivity index (χ1v) is 7.28. The van der Waals surface area contributed by atoms with Crippen molar-refractivity contribution in [2.75, 3.05) is 25.5 Å². The van der Waals surface area contributed by atoms with Crippen molar-refractivity contribution in [3.05, 3.63) is 59.4 Å². The Hall–Kier alpha value is -2.36. The lowest BCUT2D eigenvalue weighted by Crippen LogP contribution is -2.33. The minimum Gasteiger partial charge on any atom is -0.388 e. The molecule has 1 aliphatic heterocycles. The molecule has 4 heteroatoms. The van der Waals surface area contributed by atoms with Crippen molar-refractivity contribution >= 4 is 11.6 Å². The summed E-state index contributed by atoms with van der Waals surface area (Å²) in [5.74, 6) is 0.0138. The number of nitrogens with one attached hydrogen (secondary N) is 1. The van der Waals surface area contributed by atoms with Crippen LogP contribution in [0.5, 0.6) is 0 Å². The number of carbonyl (C=O) groups is 1. The SMILES string of the molecule is CNc1ccnc(C(=O)N2CCc3ccccc3CC2)c1. The summed E-state index contributed by atoms with van der Waals surface area (Å²) in [6, 6.07) is 12.1. The number of amides is 1. The summed E-state index contributed by atoms with van der Waals surface area (Å²) in [6.07, 6.45) is 3.49. The normalized spacial score (nSPS) is 14.2. The first-order valence-electron chi connectivity index (χ1n) is 7.28. The van der Waals surface area contributed by atoms with Gasteiger partial charge in [-0.3, -0.25) is 9.78 Å². The fourth-order valence-corrected chi connectivity index (χ4v) is 2.74. The Labute approximate surface area is 124 Å². The molecule has 0 radical (unpaired) electrons. The van der Waals surface area contributed by atoms with Crippen molar-refractivity contribution in [2.45, 2.75) is 12.8 Å². The van der Waals surface area contributed by atoms with Crippen molar-refractivity contribution < 1.29 is 4.79 Å². The Bertz CT molecular complexity index is 627. The molecule has 108 valence electrons. The maximum Gasteiger partial charge on any atom is 0.272 e. The lowest BCUT2D eigenvalue weighted by molar-refractivity contribution is 0.0757. The van der Waals surface area contributed by atoms with Gasteiger partial charge in [0.1, 0.15) is 5.69 Å². The summed E-state index contributed by atoms with van der Waals surface area (Å²) in [4.78, 5) is 18.7. The van der Waals surface area contributed by atoms with E-state index in [9.17, 15) is 4.79 Å². The predicted octanol–water partition coefficient (Wildman–Crippen LogP) is 2.36. The third kappa shape index (κ3) is 2.89. The predicted molar refractivity (Wildman–Crippen MR) is 83.5 cm³/mol. The molecule has 21 heavy (non-hydrogen) atoms. The van der Waals surface area contributed by atoms with Crippen LogP contribution in [0.3, 0.4) is 0 Å². The summed E-state index contributed by atoms with van der Waals surface area (Å²) in [5.41, 5.74) is 4.12. The van der Waals surface area contributed by atoms with E-state index in [0.29, 0.717) is 5.69 Å². The quantitative estimate of drug-likeness (QED) is 0.919. The van der Waals surface area contributed by atoms with Crippen LogP contribution in [0.25, 0.3) is 0 Å². The van der Waals surface area contributed by atoms with Gasteiger partial charge < -0.3 is 10.2 Å². The maximum absolute atomic E-state index is 12.6. The van der Waals surface area contributed by atoms with E-state index in [2.05, 4.69) is 34.6 Å². The van der Waals surface area contributed by atoms with Gasteiger partial charge in [0.05, 0.1) is 0 Å². The number of carbonyl (C=O) groups excluding carboxylic acids is 1. The molecule has 0 spiro atoms. The summed E-state index contributed by atoms with van der Waals surface area (Å²) < 4.78 is 0. The molecule has 2 heterocycles. The summed E-state index contributed by atoms with van der Waals surface area (Å²) in [5, 5.41) is 3.04. The molecular formula is C17H19N3O. The molecule has 0 atom stereocenters. The lowest BCUT2D eigenvalue weighted by Gasteiger charge is -2.20. The largest absolute Gasteiger partial charge is 0.388 e. The molecule has 1 N–H and O–H groups in total. The average molecular weight is 281 g/mol. The second kappa shape index (κ2) is 5.95. The topological polar surface area (TPSA) is 45.2 Å².